The molecule has 0 aromatic rings. The standard InChI is InChI=1S/C18H36N2/c1-4-16(3)14-18(5-2,15-19)20-12-10-17(11-13-20)8-6-7-9-17/h16H,4-15,19H2,1-3H3. The molecular weight excluding hydrogens is 244 g/mol. The third-order valence-corrected chi connectivity index (χ3v) is 6.62. The molecular formula is C18H36N2. The zero-order valence-corrected chi connectivity index (χ0v) is 14.1. The van der Waals surface area contributed by atoms with Crippen LogP contribution < -0.4 is 5.73 Å². The quantitative estimate of drug-likeness (QED) is 0.790. The second-order valence-corrected chi connectivity index (χ2v) is 7.69. The van der Waals surface area contributed by atoms with Crippen molar-refractivity contribution in [3.05, 3.63) is 0 Å². The Morgan fingerprint density at radius 3 is 2.15 bits per heavy atom. The van der Waals surface area contributed by atoms with Crippen LogP contribution in [0.1, 0.15) is 78.6 Å². The van der Waals surface area contributed by atoms with E-state index in [0.29, 0.717) is 0 Å². The van der Waals surface area contributed by atoms with E-state index in [1.165, 1.54) is 70.9 Å². The van der Waals surface area contributed by atoms with Crippen molar-refractivity contribution in [3.63, 3.8) is 0 Å². The molecule has 0 radical (unpaired) electrons. The van der Waals surface area contributed by atoms with Gasteiger partial charge in [0.15, 0.2) is 0 Å². The van der Waals surface area contributed by atoms with Gasteiger partial charge in [-0.25, -0.2) is 0 Å². The Labute approximate surface area is 126 Å². The van der Waals surface area contributed by atoms with Gasteiger partial charge in [0.1, 0.15) is 0 Å². The van der Waals surface area contributed by atoms with Gasteiger partial charge in [-0.15, -0.1) is 0 Å². The van der Waals surface area contributed by atoms with Gasteiger partial charge in [0.25, 0.3) is 0 Å². The Bertz CT molecular complexity index is 280. The fourth-order valence-corrected chi connectivity index (χ4v) is 4.73. The van der Waals surface area contributed by atoms with E-state index in [4.69, 9.17) is 5.73 Å². The first-order valence-corrected chi connectivity index (χ1v) is 9.05. The van der Waals surface area contributed by atoms with Gasteiger partial charge >= 0.3 is 0 Å². The van der Waals surface area contributed by atoms with Crippen molar-refractivity contribution in [2.45, 2.75) is 84.1 Å². The van der Waals surface area contributed by atoms with E-state index in [2.05, 4.69) is 25.7 Å². The molecule has 1 saturated carbocycles. The predicted molar refractivity (Wildman–Crippen MR) is 87.9 cm³/mol. The number of nitrogens with zero attached hydrogens (tertiary/aromatic N) is 1. The van der Waals surface area contributed by atoms with E-state index in [1.807, 2.05) is 0 Å². The Morgan fingerprint density at radius 1 is 1.10 bits per heavy atom. The highest BCUT2D eigenvalue weighted by Crippen LogP contribution is 2.47. The van der Waals surface area contributed by atoms with Gasteiger partial charge in [-0.2, -0.15) is 0 Å². The second-order valence-electron chi connectivity index (χ2n) is 7.69. The molecule has 118 valence electrons. The lowest BCUT2D eigenvalue weighted by Crippen LogP contribution is -2.57. The lowest BCUT2D eigenvalue weighted by Gasteiger charge is -2.50. The van der Waals surface area contributed by atoms with E-state index in [9.17, 15) is 0 Å². The summed E-state index contributed by atoms with van der Waals surface area (Å²) in [5.74, 6) is 0.792. The first kappa shape index (κ1) is 16.3. The molecule has 1 spiro atoms. The van der Waals surface area contributed by atoms with Crippen molar-refractivity contribution in [2.75, 3.05) is 19.6 Å². The molecule has 1 aliphatic heterocycles. The van der Waals surface area contributed by atoms with Gasteiger partial charge in [0, 0.05) is 12.1 Å². The van der Waals surface area contributed by atoms with Crippen LogP contribution in [0.3, 0.4) is 0 Å². The third-order valence-electron chi connectivity index (χ3n) is 6.62. The maximum absolute atomic E-state index is 6.26. The molecule has 20 heavy (non-hydrogen) atoms. The SMILES string of the molecule is CCC(C)CC(CC)(CN)N1CCC2(CCCC2)CC1. The Balaban J connectivity index is 2.00. The highest BCUT2D eigenvalue weighted by molar-refractivity contribution is 4.98. The summed E-state index contributed by atoms with van der Waals surface area (Å²) in [5.41, 5.74) is 7.25. The van der Waals surface area contributed by atoms with E-state index in [-0.39, 0.29) is 5.54 Å². The Hall–Kier alpha value is -0.0800. The van der Waals surface area contributed by atoms with E-state index >= 15 is 0 Å². The first-order valence-electron chi connectivity index (χ1n) is 9.05. The highest BCUT2D eigenvalue weighted by Gasteiger charge is 2.42. The third kappa shape index (κ3) is 3.22. The average Bonchev–Trinajstić information content (AvgIpc) is 2.94. The number of rotatable bonds is 6. The van der Waals surface area contributed by atoms with Gasteiger partial charge in [-0.05, 0) is 62.9 Å². The molecule has 1 aliphatic carbocycles. The molecule has 2 atom stereocenters. The average molecular weight is 280 g/mol. The fraction of sp³-hybridized carbons (Fsp3) is 1.00. The number of hydrogen-bond acceptors (Lipinski definition) is 2. The number of hydrogen-bond donors (Lipinski definition) is 1. The number of likely N-dealkylation sites (tertiary alicyclic amines) is 1. The molecule has 0 amide bonds. The second kappa shape index (κ2) is 6.79. The zero-order valence-electron chi connectivity index (χ0n) is 14.1. The molecule has 2 aliphatic rings. The van der Waals surface area contributed by atoms with Crippen LogP contribution in [-0.4, -0.2) is 30.1 Å². The van der Waals surface area contributed by atoms with Crippen LogP contribution >= 0.6 is 0 Å². The van der Waals surface area contributed by atoms with Crippen LogP contribution in [-0.2, 0) is 0 Å². The summed E-state index contributed by atoms with van der Waals surface area (Å²) in [4.78, 5) is 2.77. The largest absolute Gasteiger partial charge is 0.329 e. The summed E-state index contributed by atoms with van der Waals surface area (Å²) in [6.07, 6.45) is 12.6. The molecule has 1 heterocycles. The Kier molecular flexibility index (Phi) is 5.53. The fourth-order valence-electron chi connectivity index (χ4n) is 4.73. The summed E-state index contributed by atoms with van der Waals surface area (Å²) in [7, 11) is 0. The predicted octanol–water partition coefficient (Wildman–Crippen LogP) is 4.19. The van der Waals surface area contributed by atoms with Gasteiger partial charge in [-0.3, -0.25) is 4.90 Å². The van der Waals surface area contributed by atoms with Crippen LogP contribution in [0.25, 0.3) is 0 Å². The van der Waals surface area contributed by atoms with Crippen molar-refractivity contribution in [3.8, 4) is 0 Å². The summed E-state index contributed by atoms with van der Waals surface area (Å²) in [6, 6.07) is 0. The molecule has 2 nitrogen and oxygen atoms in total. The van der Waals surface area contributed by atoms with Crippen LogP contribution in [0, 0.1) is 11.3 Å². The minimum atomic E-state index is 0.273. The number of nitrogens with two attached hydrogens (primary N) is 1. The lowest BCUT2D eigenvalue weighted by molar-refractivity contribution is 0.00651. The first-order chi connectivity index (χ1) is 9.60. The van der Waals surface area contributed by atoms with Crippen molar-refractivity contribution in [1.29, 1.82) is 0 Å². The summed E-state index contributed by atoms with van der Waals surface area (Å²) >= 11 is 0. The van der Waals surface area contributed by atoms with Crippen molar-refractivity contribution in [1.82, 2.24) is 4.90 Å². The molecule has 2 unspecified atom stereocenters. The zero-order chi connectivity index (χ0) is 14.6. The van der Waals surface area contributed by atoms with Crippen molar-refractivity contribution >= 4 is 0 Å². The highest BCUT2D eigenvalue weighted by atomic mass is 15.2. The molecule has 2 fully saturated rings. The van der Waals surface area contributed by atoms with Crippen LogP contribution in [0.2, 0.25) is 0 Å². The summed E-state index contributed by atoms with van der Waals surface area (Å²) in [5, 5.41) is 0. The number of piperidine rings is 1. The molecule has 2 heteroatoms. The monoisotopic (exact) mass is 280 g/mol. The maximum atomic E-state index is 6.26. The minimum Gasteiger partial charge on any atom is -0.329 e. The van der Waals surface area contributed by atoms with Gasteiger partial charge in [0.05, 0.1) is 0 Å². The van der Waals surface area contributed by atoms with E-state index < -0.39 is 0 Å². The maximum Gasteiger partial charge on any atom is 0.0331 e. The van der Waals surface area contributed by atoms with Gasteiger partial charge < -0.3 is 5.73 Å². The smallest absolute Gasteiger partial charge is 0.0331 e. The van der Waals surface area contributed by atoms with Crippen LogP contribution in [0.4, 0.5) is 0 Å². The topological polar surface area (TPSA) is 29.3 Å². The molecule has 0 aromatic heterocycles. The van der Waals surface area contributed by atoms with E-state index in [1.54, 1.807) is 0 Å². The van der Waals surface area contributed by atoms with Crippen molar-refractivity contribution in [2.24, 2.45) is 17.1 Å². The molecule has 2 rings (SSSR count). The van der Waals surface area contributed by atoms with Crippen LogP contribution in [0.15, 0.2) is 0 Å². The molecule has 2 N–H and O–H groups in total. The lowest BCUT2D eigenvalue weighted by atomic mass is 9.74. The minimum absolute atomic E-state index is 0.273. The Morgan fingerprint density at radius 2 is 1.70 bits per heavy atom. The summed E-state index contributed by atoms with van der Waals surface area (Å²) in [6.45, 7) is 10.5. The normalized spacial score (nSPS) is 27.6. The molecule has 0 bridgehead atoms. The molecule has 0 aromatic carbocycles. The van der Waals surface area contributed by atoms with E-state index in [0.717, 1.165) is 17.9 Å². The summed E-state index contributed by atoms with van der Waals surface area (Å²) < 4.78 is 0. The van der Waals surface area contributed by atoms with Crippen molar-refractivity contribution < 1.29 is 0 Å². The van der Waals surface area contributed by atoms with Gasteiger partial charge in [-0.1, -0.05) is 40.0 Å². The van der Waals surface area contributed by atoms with Crippen LogP contribution in [0.5, 0.6) is 0 Å². The van der Waals surface area contributed by atoms with Gasteiger partial charge in [0.2, 0.25) is 0 Å². The molecule has 1 saturated heterocycles.